The molecule has 6 nitrogen and oxygen atoms in total. The normalized spacial score (nSPS) is 15.9. The van der Waals surface area contributed by atoms with Gasteiger partial charge in [-0.2, -0.15) is 0 Å². The highest BCUT2D eigenvalue weighted by molar-refractivity contribution is 7.10. The van der Waals surface area contributed by atoms with E-state index in [0.29, 0.717) is 18.2 Å². The first-order valence-electron chi connectivity index (χ1n) is 10.3. The predicted molar refractivity (Wildman–Crippen MR) is 121 cm³/mol. The zero-order chi connectivity index (χ0) is 20.5. The van der Waals surface area contributed by atoms with Gasteiger partial charge in [-0.1, -0.05) is 18.2 Å². The number of carbonyl (C=O) groups excluding carboxylic acids is 1. The molecule has 1 saturated heterocycles. The van der Waals surface area contributed by atoms with E-state index in [2.05, 4.69) is 45.3 Å². The summed E-state index contributed by atoms with van der Waals surface area (Å²) in [6, 6.07) is 12.3. The number of benzene rings is 1. The van der Waals surface area contributed by atoms with Crippen molar-refractivity contribution in [3.8, 4) is 0 Å². The zero-order valence-corrected chi connectivity index (χ0v) is 18.1. The van der Waals surface area contributed by atoms with Gasteiger partial charge in [0.1, 0.15) is 0 Å². The molecule has 29 heavy (non-hydrogen) atoms. The number of guanidine groups is 1. The molecule has 7 heteroatoms. The largest absolute Gasteiger partial charge is 0.357 e. The number of hydrogen-bond acceptors (Lipinski definition) is 4. The Kier molecular flexibility index (Phi) is 8.07. The molecular weight excluding hydrogens is 382 g/mol. The summed E-state index contributed by atoms with van der Waals surface area (Å²) in [7, 11) is 1.64. The topological polar surface area (TPSA) is 68.8 Å². The molecule has 1 amide bonds. The van der Waals surface area contributed by atoms with E-state index in [0.717, 1.165) is 37.7 Å². The van der Waals surface area contributed by atoms with E-state index in [-0.39, 0.29) is 5.91 Å². The zero-order valence-electron chi connectivity index (χ0n) is 17.3. The maximum absolute atomic E-state index is 11.8. The van der Waals surface area contributed by atoms with Crippen molar-refractivity contribution in [2.75, 3.05) is 33.2 Å². The lowest BCUT2D eigenvalue weighted by Crippen LogP contribution is -2.42. The average Bonchev–Trinajstić information content (AvgIpc) is 3.46. The molecule has 2 aromatic rings. The predicted octanol–water partition coefficient (Wildman–Crippen LogP) is 3.00. The van der Waals surface area contributed by atoms with Crippen molar-refractivity contribution in [1.82, 2.24) is 20.9 Å². The molecular formula is C22H31N5OS. The molecule has 1 aliphatic heterocycles. The summed E-state index contributed by atoms with van der Waals surface area (Å²) in [4.78, 5) is 20.5. The molecule has 156 valence electrons. The standard InChI is InChI=1S/C22H31N5OS/c1-3-24-22(25-15-17-8-6-9-18(14-17)21(28)23-2)26-16-19(20-10-7-13-29-20)27-11-4-5-12-27/h6-10,13-14,19H,3-5,11-12,15-16H2,1-2H3,(H,23,28)(H2,24,25,26). The van der Waals surface area contributed by atoms with Gasteiger partial charge in [0.2, 0.25) is 0 Å². The molecule has 1 atom stereocenters. The number of amides is 1. The Labute approximate surface area is 177 Å². The number of aliphatic imine (C=N–C) groups is 1. The van der Waals surface area contributed by atoms with Gasteiger partial charge in [0.25, 0.3) is 5.91 Å². The van der Waals surface area contributed by atoms with Crippen molar-refractivity contribution in [2.24, 2.45) is 4.99 Å². The molecule has 1 unspecified atom stereocenters. The van der Waals surface area contributed by atoms with Gasteiger partial charge in [-0.05, 0) is 62.0 Å². The average molecular weight is 414 g/mol. The van der Waals surface area contributed by atoms with E-state index >= 15 is 0 Å². The Morgan fingerprint density at radius 3 is 2.72 bits per heavy atom. The Morgan fingerprint density at radius 1 is 1.21 bits per heavy atom. The molecule has 0 radical (unpaired) electrons. The highest BCUT2D eigenvalue weighted by atomic mass is 32.1. The second kappa shape index (κ2) is 11.0. The molecule has 3 N–H and O–H groups in total. The van der Waals surface area contributed by atoms with Crippen LogP contribution in [0.15, 0.2) is 46.8 Å². The van der Waals surface area contributed by atoms with Crippen LogP contribution in [-0.2, 0) is 6.54 Å². The Morgan fingerprint density at radius 2 is 2.03 bits per heavy atom. The van der Waals surface area contributed by atoms with Gasteiger partial charge >= 0.3 is 0 Å². The minimum absolute atomic E-state index is 0.0785. The number of thiophene rings is 1. The van der Waals surface area contributed by atoms with Gasteiger partial charge in [0.05, 0.1) is 12.6 Å². The van der Waals surface area contributed by atoms with Gasteiger partial charge in [0, 0.05) is 30.6 Å². The van der Waals surface area contributed by atoms with E-state index in [1.54, 1.807) is 7.05 Å². The van der Waals surface area contributed by atoms with Gasteiger partial charge in [0.15, 0.2) is 5.96 Å². The first kappa shape index (κ1) is 21.3. The molecule has 3 rings (SSSR count). The van der Waals surface area contributed by atoms with Crippen LogP contribution >= 0.6 is 11.3 Å². The quantitative estimate of drug-likeness (QED) is 0.460. The number of nitrogens with zero attached hydrogens (tertiary/aromatic N) is 2. The first-order chi connectivity index (χ1) is 14.2. The van der Waals surface area contributed by atoms with Crippen molar-refractivity contribution in [3.63, 3.8) is 0 Å². The van der Waals surface area contributed by atoms with Gasteiger partial charge in [-0.3, -0.25) is 9.69 Å². The highest BCUT2D eigenvalue weighted by Gasteiger charge is 2.24. The third kappa shape index (κ3) is 6.05. The summed E-state index contributed by atoms with van der Waals surface area (Å²) in [5.41, 5.74) is 1.67. The Hall–Kier alpha value is -2.38. The smallest absolute Gasteiger partial charge is 0.251 e. The van der Waals surface area contributed by atoms with Crippen LogP contribution in [0.5, 0.6) is 0 Å². The first-order valence-corrected chi connectivity index (χ1v) is 11.2. The summed E-state index contributed by atoms with van der Waals surface area (Å²) in [6.07, 6.45) is 2.55. The molecule has 1 aliphatic rings. The molecule has 0 saturated carbocycles. The number of likely N-dealkylation sites (tertiary alicyclic amines) is 1. The summed E-state index contributed by atoms with van der Waals surface area (Å²) < 4.78 is 0. The van der Waals surface area contributed by atoms with Crippen LogP contribution < -0.4 is 16.0 Å². The molecule has 0 aliphatic carbocycles. The second-order valence-corrected chi connectivity index (χ2v) is 8.11. The Balaban J connectivity index is 1.66. The van der Waals surface area contributed by atoms with Gasteiger partial charge in [-0.25, -0.2) is 4.99 Å². The molecule has 0 spiro atoms. The third-order valence-electron chi connectivity index (χ3n) is 5.10. The summed E-state index contributed by atoms with van der Waals surface area (Å²) >= 11 is 1.82. The van der Waals surface area contributed by atoms with Gasteiger partial charge in [-0.15, -0.1) is 11.3 Å². The molecule has 1 aromatic carbocycles. The van der Waals surface area contributed by atoms with Crippen LogP contribution in [0.25, 0.3) is 0 Å². The third-order valence-corrected chi connectivity index (χ3v) is 6.07. The fourth-order valence-corrected chi connectivity index (χ4v) is 4.47. The lowest BCUT2D eigenvalue weighted by atomic mass is 10.1. The van der Waals surface area contributed by atoms with E-state index in [4.69, 9.17) is 4.99 Å². The lowest BCUT2D eigenvalue weighted by molar-refractivity contribution is 0.0963. The van der Waals surface area contributed by atoms with Crippen LogP contribution in [-0.4, -0.2) is 50.0 Å². The number of hydrogen-bond donors (Lipinski definition) is 3. The molecule has 2 heterocycles. The SMILES string of the molecule is CCNC(=NCc1cccc(C(=O)NC)c1)NCC(c1cccs1)N1CCCC1. The maximum atomic E-state index is 11.8. The Bertz CT molecular complexity index is 799. The maximum Gasteiger partial charge on any atom is 0.251 e. The van der Waals surface area contributed by atoms with Crippen LogP contribution in [0.2, 0.25) is 0 Å². The van der Waals surface area contributed by atoms with Crippen LogP contribution in [0.4, 0.5) is 0 Å². The van der Waals surface area contributed by atoms with Crippen molar-refractivity contribution < 1.29 is 4.79 Å². The lowest BCUT2D eigenvalue weighted by Gasteiger charge is -2.27. The van der Waals surface area contributed by atoms with E-state index < -0.39 is 0 Å². The molecule has 1 aromatic heterocycles. The van der Waals surface area contributed by atoms with Crippen molar-refractivity contribution in [2.45, 2.75) is 32.4 Å². The fourth-order valence-electron chi connectivity index (χ4n) is 3.60. The van der Waals surface area contributed by atoms with Crippen LogP contribution in [0, 0.1) is 0 Å². The minimum atomic E-state index is -0.0785. The second-order valence-electron chi connectivity index (χ2n) is 7.13. The number of nitrogens with one attached hydrogen (secondary N) is 3. The van der Waals surface area contributed by atoms with Gasteiger partial charge < -0.3 is 16.0 Å². The fraction of sp³-hybridized carbons (Fsp3) is 0.455. The summed E-state index contributed by atoms with van der Waals surface area (Å²) in [6.45, 7) is 6.53. The minimum Gasteiger partial charge on any atom is -0.357 e. The number of rotatable bonds is 8. The molecule has 1 fully saturated rings. The van der Waals surface area contributed by atoms with Crippen molar-refractivity contribution in [3.05, 3.63) is 57.8 Å². The highest BCUT2D eigenvalue weighted by Crippen LogP contribution is 2.27. The van der Waals surface area contributed by atoms with E-state index in [1.165, 1.54) is 17.7 Å². The van der Waals surface area contributed by atoms with Crippen molar-refractivity contribution >= 4 is 23.2 Å². The van der Waals surface area contributed by atoms with E-state index in [1.807, 2.05) is 35.6 Å². The summed E-state index contributed by atoms with van der Waals surface area (Å²) in [5.74, 6) is 0.726. The van der Waals surface area contributed by atoms with E-state index in [9.17, 15) is 4.79 Å². The van der Waals surface area contributed by atoms with Crippen LogP contribution in [0.3, 0.4) is 0 Å². The van der Waals surface area contributed by atoms with Crippen LogP contribution in [0.1, 0.15) is 46.6 Å². The summed E-state index contributed by atoms with van der Waals surface area (Å²) in [5, 5.41) is 11.7. The number of carbonyl (C=O) groups is 1. The van der Waals surface area contributed by atoms with Crippen molar-refractivity contribution in [1.29, 1.82) is 0 Å². The molecule has 0 bridgehead atoms. The monoisotopic (exact) mass is 413 g/mol.